The van der Waals surface area contributed by atoms with Crippen LogP contribution in [0.15, 0.2) is 24.3 Å². The molecule has 1 unspecified atom stereocenters. The predicted molar refractivity (Wildman–Crippen MR) is 80.4 cm³/mol. The number of methoxy groups -OCH3 is 1. The van der Waals surface area contributed by atoms with Crippen LogP contribution < -0.4 is 4.74 Å². The molecule has 2 heterocycles. The van der Waals surface area contributed by atoms with E-state index in [1.54, 1.807) is 7.11 Å². The van der Waals surface area contributed by atoms with Crippen LogP contribution in [0.5, 0.6) is 5.75 Å². The van der Waals surface area contributed by atoms with Gasteiger partial charge in [-0.15, -0.1) is 0 Å². The topological polar surface area (TPSA) is 38.8 Å². The molecule has 3 rings (SSSR count). The van der Waals surface area contributed by atoms with Crippen LogP contribution in [0.25, 0.3) is 0 Å². The maximum atomic E-state index is 12.7. The number of para-hydroxylation sites is 1. The standard InChI is InChI=1S/C17H23NO3/c1-20-16-5-3-2-4-13(16)12-14-6-9-18(17(14)19)15-7-10-21-11-8-15/h2-5,14-15H,6-12H2,1H3. The maximum Gasteiger partial charge on any atom is 0.226 e. The van der Waals surface area contributed by atoms with Gasteiger partial charge in [0, 0.05) is 31.7 Å². The molecular formula is C17H23NO3. The summed E-state index contributed by atoms with van der Waals surface area (Å²) in [5.41, 5.74) is 1.13. The first-order valence-corrected chi connectivity index (χ1v) is 7.79. The van der Waals surface area contributed by atoms with Crippen LogP contribution in [-0.4, -0.2) is 43.7 Å². The molecule has 0 bridgehead atoms. The van der Waals surface area contributed by atoms with Crippen molar-refractivity contribution in [2.24, 2.45) is 5.92 Å². The third kappa shape index (κ3) is 3.05. The quantitative estimate of drug-likeness (QED) is 0.853. The molecule has 2 aliphatic rings. The molecular weight excluding hydrogens is 266 g/mol. The average Bonchev–Trinajstić information content (AvgIpc) is 2.90. The van der Waals surface area contributed by atoms with E-state index in [9.17, 15) is 4.79 Å². The Balaban J connectivity index is 1.66. The Morgan fingerprint density at radius 1 is 1.24 bits per heavy atom. The van der Waals surface area contributed by atoms with Gasteiger partial charge in [-0.2, -0.15) is 0 Å². The summed E-state index contributed by atoms with van der Waals surface area (Å²) < 4.78 is 10.8. The SMILES string of the molecule is COc1ccccc1CC1CCN(C2CCOCC2)C1=O. The Hall–Kier alpha value is -1.55. The molecule has 2 fully saturated rings. The molecule has 0 spiro atoms. The molecule has 1 atom stereocenters. The fraction of sp³-hybridized carbons (Fsp3) is 0.588. The van der Waals surface area contributed by atoms with E-state index in [2.05, 4.69) is 11.0 Å². The Morgan fingerprint density at radius 3 is 2.76 bits per heavy atom. The van der Waals surface area contributed by atoms with Gasteiger partial charge in [0.1, 0.15) is 5.75 Å². The van der Waals surface area contributed by atoms with Crippen LogP contribution in [0, 0.1) is 5.92 Å². The number of rotatable bonds is 4. The molecule has 4 heteroatoms. The first-order chi connectivity index (χ1) is 10.3. The number of carbonyl (C=O) groups is 1. The lowest BCUT2D eigenvalue weighted by Gasteiger charge is -2.31. The molecule has 2 aliphatic heterocycles. The number of hydrogen-bond acceptors (Lipinski definition) is 3. The van der Waals surface area contributed by atoms with Crippen molar-refractivity contribution in [3.8, 4) is 5.75 Å². The zero-order chi connectivity index (χ0) is 14.7. The van der Waals surface area contributed by atoms with Gasteiger partial charge < -0.3 is 14.4 Å². The van der Waals surface area contributed by atoms with Gasteiger partial charge in [0.15, 0.2) is 0 Å². The summed E-state index contributed by atoms with van der Waals surface area (Å²) in [6.07, 6.45) is 3.69. The molecule has 1 aromatic carbocycles. The maximum absolute atomic E-state index is 12.7. The van der Waals surface area contributed by atoms with Gasteiger partial charge >= 0.3 is 0 Å². The minimum absolute atomic E-state index is 0.101. The number of ether oxygens (including phenoxy) is 2. The largest absolute Gasteiger partial charge is 0.496 e. The number of carbonyl (C=O) groups excluding carboxylic acids is 1. The highest BCUT2D eigenvalue weighted by molar-refractivity contribution is 5.81. The monoisotopic (exact) mass is 289 g/mol. The van der Waals surface area contributed by atoms with Crippen molar-refractivity contribution in [3.05, 3.63) is 29.8 Å². The minimum atomic E-state index is 0.101. The van der Waals surface area contributed by atoms with E-state index >= 15 is 0 Å². The highest BCUT2D eigenvalue weighted by atomic mass is 16.5. The van der Waals surface area contributed by atoms with Crippen LogP contribution in [-0.2, 0) is 16.0 Å². The van der Waals surface area contributed by atoms with Gasteiger partial charge in [-0.3, -0.25) is 4.79 Å². The molecule has 0 saturated carbocycles. The lowest BCUT2D eigenvalue weighted by atomic mass is 9.97. The zero-order valence-electron chi connectivity index (χ0n) is 12.6. The third-order valence-electron chi connectivity index (χ3n) is 4.64. The normalized spacial score (nSPS) is 23.6. The van der Waals surface area contributed by atoms with Gasteiger partial charge in [0.2, 0.25) is 5.91 Å². The van der Waals surface area contributed by atoms with E-state index in [0.29, 0.717) is 11.9 Å². The Morgan fingerprint density at radius 2 is 2.00 bits per heavy atom. The van der Waals surface area contributed by atoms with Crippen molar-refractivity contribution in [3.63, 3.8) is 0 Å². The van der Waals surface area contributed by atoms with Gasteiger partial charge in [-0.1, -0.05) is 18.2 Å². The Labute approximate surface area is 126 Å². The smallest absolute Gasteiger partial charge is 0.226 e. The van der Waals surface area contributed by atoms with Crippen molar-refractivity contribution >= 4 is 5.91 Å². The van der Waals surface area contributed by atoms with Crippen LogP contribution in [0.1, 0.15) is 24.8 Å². The van der Waals surface area contributed by atoms with Crippen molar-refractivity contribution < 1.29 is 14.3 Å². The highest BCUT2D eigenvalue weighted by Gasteiger charge is 2.36. The van der Waals surface area contributed by atoms with Crippen LogP contribution in [0.4, 0.5) is 0 Å². The van der Waals surface area contributed by atoms with E-state index in [0.717, 1.165) is 56.8 Å². The summed E-state index contributed by atoms with van der Waals surface area (Å²) in [6.45, 7) is 2.46. The minimum Gasteiger partial charge on any atom is -0.496 e. The summed E-state index contributed by atoms with van der Waals surface area (Å²) in [5.74, 6) is 1.30. The summed E-state index contributed by atoms with van der Waals surface area (Å²) in [7, 11) is 1.68. The van der Waals surface area contributed by atoms with Gasteiger partial charge in [0.25, 0.3) is 0 Å². The summed E-state index contributed by atoms with van der Waals surface area (Å²) in [6, 6.07) is 8.38. The molecule has 0 aliphatic carbocycles. The molecule has 0 aromatic heterocycles. The molecule has 114 valence electrons. The van der Waals surface area contributed by atoms with Crippen LogP contribution >= 0.6 is 0 Å². The first kappa shape index (κ1) is 14.4. The molecule has 1 aromatic rings. The van der Waals surface area contributed by atoms with Gasteiger partial charge in [0.05, 0.1) is 7.11 Å². The van der Waals surface area contributed by atoms with Crippen molar-refractivity contribution in [1.82, 2.24) is 4.90 Å². The van der Waals surface area contributed by atoms with Crippen molar-refractivity contribution in [1.29, 1.82) is 0 Å². The summed E-state index contributed by atoms with van der Waals surface area (Å²) in [5, 5.41) is 0. The Kier molecular flexibility index (Phi) is 4.44. The fourth-order valence-electron chi connectivity index (χ4n) is 3.45. The van der Waals surface area contributed by atoms with Gasteiger partial charge in [-0.25, -0.2) is 0 Å². The van der Waals surface area contributed by atoms with Crippen LogP contribution in [0.3, 0.4) is 0 Å². The van der Waals surface area contributed by atoms with Crippen molar-refractivity contribution in [2.75, 3.05) is 26.9 Å². The summed E-state index contributed by atoms with van der Waals surface area (Å²) >= 11 is 0. The van der Waals surface area contributed by atoms with E-state index in [-0.39, 0.29) is 5.92 Å². The van der Waals surface area contributed by atoms with E-state index in [1.807, 2.05) is 18.2 Å². The summed E-state index contributed by atoms with van der Waals surface area (Å²) in [4.78, 5) is 14.7. The Bertz CT molecular complexity index is 497. The number of likely N-dealkylation sites (tertiary alicyclic amines) is 1. The van der Waals surface area contributed by atoms with E-state index in [1.165, 1.54) is 0 Å². The predicted octanol–water partition coefficient (Wildman–Crippen LogP) is 2.27. The average molecular weight is 289 g/mol. The molecule has 0 radical (unpaired) electrons. The lowest BCUT2D eigenvalue weighted by Crippen LogP contribution is -2.41. The molecule has 1 amide bonds. The van der Waals surface area contributed by atoms with E-state index < -0.39 is 0 Å². The third-order valence-corrected chi connectivity index (χ3v) is 4.64. The number of hydrogen-bond donors (Lipinski definition) is 0. The highest BCUT2D eigenvalue weighted by Crippen LogP contribution is 2.29. The second-order valence-corrected chi connectivity index (χ2v) is 5.88. The lowest BCUT2D eigenvalue weighted by molar-refractivity contribution is -0.134. The number of nitrogens with zero attached hydrogens (tertiary/aromatic N) is 1. The molecule has 21 heavy (non-hydrogen) atoms. The van der Waals surface area contributed by atoms with Crippen molar-refractivity contribution in [2.45, 2.75) is 31.7 Å². The molecule has 4 nitrogen and oxygen atoms in total. The zero-order valence-corrected chi connectivity index (χ0v) is 12.6. The second kappa shape index (κ2) is 6.48. The second-order valence-electron chi connectivity index (χ2n) is 5.88. The fourth-order valence-corrected chi connectivity index (χ4v) is 3.45. The van der Waals surface area contributed by atoms with Crippen LogP contribution in [0.2, 0.25) is 0 Å². The molecule has 0 N–H and O–H groups in total. The van der Waals surface area contributed by atoms with E-state index in [4.69, 9.17) is 9.47 Å². The number of benzene rings is 1. The first-order valence-electron chi connectivity index (χ1n) is 7.79. The molecule has 2 saturated heterocycles. The number of amides is 1. The van der Waals surface area contributed by atoms with Gasteiger partial charge in [-0.05, 0) is 37.3 Å².